The zero-order valence-corrected chi connectivity index (χ0v) is 9.03. The van der Waals surface area contributed by atoms with Crippen LogP contribution in [0.5, 0.6) is 0 Å². The molecule has 78 valence electrons. The van der Waals surface area contributed by atoms with Crippen molar-refractivity contribution in [3.05, 3.63) is 11.9 Å². The monoisotopic (exact) mass is 195 g/mol. The highest BCUT2D eigenvalue weighted by Crippen LogP contribution is 2.22. The number of aromatic nitrogens is 2. The molecular formula is C10H17N3O. The van der Waals surface area contributed by atoms with E-state index in [1.54, 1.807) is 0 Å². The molecule has 2 rings (SSSR count). The van der Waals surface area contributed by atoms with Crippen LogP contribution in [0.25, 0.3) is 0 Å². The number of morpholine rings is 1. The maximum atomic E-state index is 5.41. The van der Waals surface area contributed by atoms with Crippen molar-refractivity contribution in [2.75, 3.05) is 24.7 Å². The van der Waals surface area contributed by atoms with Gasteiger partial charge in [-0.25, -0.2) is 0 Å². The summed E-state index contributed by atoms with van der Waals surface area (Å²) in [6.45, 7) is 6.89. The summed E-state index contributed by atoms with van der Waals surface area (Å²) in [6.07, 6.45) is 1.94. The number of ether oxygens (including phenoxy) is 1. The van der Waals surface area contributed by atoms with E-state index in [-0.39, 0.29) is 0 Å². The van der Waals surface area contributed by atoms with Crippen molar-refractivity contribution in [3.8, 4) is 0 Å². The first-order chi connectivity index (χ1) is 6.70. The molecule has 0 aliphatic carbocycles. The first-order valence-electron chi connectivity index (χ1n) is 5.03. The van der Waals surface area contributed by atoms with Crippen LogP contribution >= 0.6 is 0 Å². The van der Waals surface area contributed by atoms with Gasteiger partial charge in [0.2, 0.25) is 0 Å². The van der Waals surface area contributed by atoms with Crippen molar-refractivity contribution in [2.24, 2.45) is 7.05 Å². The lowest BCUT2D eigenvalue weighted by Crippen LogP contribution is -2.43. The Bertz CT molecular complexity index is 321. The van der Waals surface area contributed by atoms with Gasteiger partial charge in [0.1, 0.15) is 0 Å². The Morgan fingerprint density at radius 1 is 1.57 bits per heavy atom. The van der Waals surface area contributed by atoms with Crippen LogP contribution in [0.1, 0.15) is 12.6 Å². The van der Waals surface area contributed by atoms with Gasteiger partial charge in [-0.05, 0) is 13.8 Å². The predicted molar refractivity (Wildman–Crippen MR) is 55.6 cm³/mol. The van der Waals surface area contributed by atoms with Crippen LogP contribution < -0.4 is 4.90 Å². The summed E-state index contributed by atoms with van der Waals surface area (Å²) >= 11 is 0. The topological polar surface area (TPSA) is 30.3 Å². The Balaban J connectivity index is 2.24. The SMILES string of the molecule is Cc1c(N2CCOCC2C)cnn1C. The van der Waals surface area contributed by atoms with Gasteiger partial charge in [0.15, 0.2) is 0 Å². The van der Waals surface area contributed by atoms with Crippen molar-refractivity contribution in [1.29, 1.82) is 0 Å². The van der Waals surface area contributed by atoms with Crippen molar-refractivity contribution in [2.45, 2.75) is 19.9 Å². The average molecular weight is 195 g/mol. The second-order valence-electron chi connectivity index (χ2n) is 3.86. The van der Waals surface area contributed by atoms with E-state index in [1.807, 2.05) is 17.9 Å². The maximum absolute atomic E-state index is 5.41. The smallest absolute Gasteiger partial charge is 0.0786 e. The summed E-state index contributed by atoms with van der Waals surface area (Å²) in [5, 5.41) is 4.26. The maximum Gasteiger partial charge on any atom is 0.0786 e. The van der Waals surface area contributed by atoms with Gasteiger partial charge in [0, 0.05) is 19.6 Å². The molecule has 0 aromatic carbocycles. The number of anilines is 1. The number of hydrogen-bond donors (Lipinski definition) is 0. The average Bonchev–Trinajstić information content (AvgIpc) is 2.49. The molecule has 0 radical (unpaired) electrons. The molecule has 1 aromatic rings. The molecule has 1 atom stereocenters. The van der Waals surface area contributed by atoms with E-state index in [4.69, 9.17) is 4.74 Å². The molecule has 1 unspecified atom stereocenters. The molecule has 1 aliphatic rings. The molecule has 0 bridgehead atoms. The minimum Gasteiger partial charge on any atom is -0.377 e. The zero-order valence-electron chi connectivity index (χ0n) is 9.03. The molecule has 2 heterocycles. The summed E-state index contributed by atoms with van der Waals surface area (Å²) in [6, 6.07) is 0.451. The molecule has 0 spiro atoms. The lowest BCUT2D eigenvalue weighted by molar-refractivity contribution is 0.0989. The van der Waals surface area contributed by atoms with Crippen LogP contribution in [0.2, 0.25) is 0 Å². The third kappa shape index (κ3) is 1.50. The van der Waals surface area contributed by atoms with Crippen LogP contribution in [0.15, 0.2) is 6.20 Å². The summed E-state index contributed by atoms with van der Waals surface area (Å²) in [7, 11) is 1.98. The first kappa shape index (κ1) is 9.52. The van der Waals surface area contributed by atoms with Gasteiger partial charge in [-0.2, -0.15) is 5.10 Å². The molecule has 1 fully saturated rings. The summed E-state index contributed by atoms with van der Waals surface area (Å²) in [5.41, 5.74) is 2.46. The molecule has 1 aliphatic heterocycles. The van der Waals surface area contributed by atoms with E-state index in [2.05, 4.69) is 23.8 Å². The molecule has 14 heavy (non-hydrogen) atoms. The van der Waals surface area contributed by atoms with E-state index in [0.717, 1.165) is 19.8 Å². The number of rotatable bonds is 1. The van der Waals surface area contributed by atoms with Crippen molar-refractivity contribution >= 4 is 5.69 Å². The van der Waals surface area contributed by atoms with Crippen LogP contribution in [-0.4, -0.2) is 35.6 Å². The molecule has 0 N–H and O–H groups in total. The zero-order chi connectivity index (χ0) is 10.1. The van der Waals surface area contributed by atoms with Crippen molar-refractivity contribution in [1.82, 2.24) is 9.78 Å². The highest BCUT2D eigenvalue weighted by Gasteiger charge is 2.21. The Hall–Kier alpha value is -1.03. The minimum atomic E-state index is 0.451. The minimum absolute atomic E-state index is 0.451. The van der Waals surface area contributed by atoms with Gasteiger partial charge in [-0.3, -0.25) is 4.68 Å². The fourth-order valence-corrected chi connectivity index (χ4v) is 1.85. The van der Waals surface area contributed by atoms with Crippen molar-refractivity contribution < 1.29 is 4.74 Å². The molecule has 4 heteroatoms. The largest absolute Gasteiger partial charge is 0.377 e. The van der Waals surface area contributed by atoms with Crippen molar-refractivity contribution in [3.63, 3.8) is 0 Å². The van der Waals surface area contributed by atoms with Gasteiger partial charge >= 0.3 is 0 Å². The second kappa shape index (κ2) is 3.61. The number of hydrogen-bond acceptors (Lipinski definition) is 3. The van der Waals surface area contributed by atoms with Crippen LogP contribution in [0, 0.1) is 6.92 Å². The van der Waals surface area contributed by atoms with Crippen LogP contribution in [0.4, 0.5) is 5.69 Å². The Kier molecular flexibility index (Phi) is 2.46. The summed E-state index contributed by atoms with van der Waals surface area (Å²) in [4.78, 5) is 2.37. The number of nitrogens with zero attached hydrogens (tertiary/aromatic N) is 3. The first-order valence-corrected chi connectivity index (χ1v) is 5.03. The third-order valence-corrected chi connectivity index (χ3v) is 2.89. The molecule has 0 amide bonds. The van der Waals surface area contributed by atoms with Crippen LogP contribution in [-0.2, 0) is 11.8 Å². The second-order valence-corrected chi connectivity index (χ2v) is 3.86. The Morgan fingerprint density at radius 3 is 2.93 bits per heavy atom. The molecule has 1 saturated heterocycles. The fourth-order valence-electron chi connectivity index (χ4n) is 1.85. The van der Waals surface area contributed by atoms with Gasteiger partial charge in [-0.1, -0.05) is 0 Å². The fraction of sp³-hybridized carbons (Fsp3) is 0.700. The molecule has 0 saturated carbocycles. The standard InChI is InChI=1S/C10H17N3O/c1-8-7-14-5-4-13(8)10-6-11-12(3)9(10)2/h6,8H,4-5,7H2,1-3H3. The van der Waals surface area contributed by atoms with E-state index in [0.29, 0.717) is 6.04 Å². The predicted octanol–water partition coefficient (Wildman–Crippen LogP) is 0.954. The van der Waals surface area contributed by atoms with E-state index in [1.165, 1.54) is 11.4 Å². The Labute approximate surface area is 84.5 Å². The van der Waals surface area contributed by atoms with E-state index < -0.39 is 0 Å². The van der Waals surface area contributed by atoms with Crippen LogP contribution in [0.3, 0.4) is 0 Å². The third-order valence-electron chi connectivity index (χ3n) is 2.89. The van der Waals surface area contributed by atoms with E-state index in [9.17, 15) is 0 Å². The highest BCUT2D eigenvalue weighted by atomic mass is 16.5. The molecular weight excluding hydrogens is 178 g/mol. The lowest BCUT2D eigenvalue weighted by Gasteiger charge is -2.34. The lowest BCUT2D eigenvalue weighted by atomic mass is 10.2. The Morgan fingerprint density at radius 2 is 2.36 bits per heavy atom. The van der Waals surface area contributed by atoms with Gasteiger partial charge < -0.3 is 9.64 Å². The van der Waals surface area contributed by atoms with Gasteiger partial charge in [0.25, 0.3) is 0 Å². The van der Waals surface area contributed by atoms with E-state index >= 15 is 0 Å². The highest BCUT2D eigenvalue weighted by molar-refractivity contribution is 5.50. The summed E-state index contributed by atoms with van der Waals surface area (Å²) < 4.78 is 7.33. The van der Waals surface area contributed by atoms with Gasteiger partial charge in [0.05, 0.1) is 30.8 Å². The molecule has 1 aromatic heterocycles. The summed E-state index contributed by atoms with van der Waals surface area (Å²) in [5.74, 6) is 0. The quantitative estimate of drug-likeness (QED) is 0.668. The normalized spacial score (nSPS) is 22.8. The molecule has 4 nitrogen and oxygen atoms in total. The van der Waals surface area contributed by atoms with Gasteiger partial charge in [-0.15, -0.1) is 0 Å². The number of aryl methyl sites for hydroxylation is 1.